The highest BCUT2D eigenvalue weighted by atomic mass is 35.5. The van der Waals surface area contributed by atoms with Crippen molar-refractivity contribution < 1.29 is 14.3 Å². The molecule has 1 heterocycles. The van der Waals surface area contributed by atoms with E-state index in [9.17, 15) is 4.79 Å². The number of carbonyl (C=O) groups excluding carboxylic acids is 1. The van der Waals surface area contributed by atoms with Gasteiger partial charge in [0.2, 0.25) is 0 Å². The smallest absolute Gasteiger partial charge is 0.167 e. The third-order valence-electron chi connectivity index (χ3n) is 4.97. The molecule has 1 aromatic rings. The molecule has 2 bridgehead atoms. The van der Waals surface area contributed by atoms with Gasteiger partial charge in [-0.2, -0.15) is 0 Å². The number of halogens is 1. The molecule has 4 rings (SSSR count). The Morgan fingerprint density at radius 1 is 1.10 bits per heavy atom. The SMILES string of the molecule is O=C(c1cc2c(cc1Cl)OCCO2)C1CC2CCC1C2. The monoisotopic (exact) mass is 292 g/mol. The molecule has 0 N–H and O–H groups in total. The maximum Gasteiger partial charge on any atom is 0.167 e. The van der Waals surface area contributed by atoms with Crippen molar-refractivity contribution in [1.29, 1.82) is 0 Å². The maximum absolute atomic E-state index is 12.8. The summed E-state index contributed by atoms with van der Waals surface area (Å²) in [4.78, 5) is 12.8. The van der Waals surface area contributed by atoms with Crippen molar-refractivity contribution in [3.8, 4) is 11.5 Å². The van der Waals surface area contributed by atoms with E-state index in [1.54, 1.807) is 12.1 Å². The van der Waals surface area contributed by atoms with E-state index in [1.165, 1.54) is 19.3 Å². The fraction of sp³-hybridized carbons (Fsp3) is 0.562. The number of hydrogen-bond donors (Lipinski definition) is 0. The first-order valence-electron chi connectivity index (χ1n) is 7.35. The highest BCUT2D eigenvalue weighted by Gasteiger charge is 2.43. The molecule has 1 aromatic carbocycles. The van der Waals surface area contributed by atoms with E-state index in [1.807, 2.05) is 0 Å². The normalized spacial score (nSPS) is 30.6. The molecule has 2 aliphatic carbocycles. The average molecular weight is 293 g/mol. The Balaban J connectivity index is 1.66. The molecular formula is C16H17ClO3. The molecule has 0 amide bonds. The number of fused-ring (bicyclic) bond motifs is 3. The number of ether oxygens (including phenoxy) is 2. The number of hydrogen-bond acceptors (Lipinski definition) is 3. The van der Waals surface area contributed by atoms with Gasteiger partial charge in [-0.25, -0.2) is 0 Å². The molecule has 3 atom stereocenters. The summed E-state index contributed by atoms with van der Waals surface area (Å²) in [5, 5.41) is 0.488. The van der Waals surface area contributed by atoms with E-state index < -0.39 is 0 Å². The first-order chi connectivity index (χ1) is 9.72. The molecule has 20 heavy (non-hydrogen) atoms. The third-order valence-corrected chi connectivity index (χ3v) is 5.28. The summed E-state index contributed by atoms with van der Waals surface area (Å²) < 4.78 is 11.1. The molecule has 2 fully saturated rings. The van der Waals surface area contributed by atoms with Gasteiger partial charge in [-0.15, -0.1) is 0 Å². The quantitative estimate of drug-likeness (QED) is 0.779. The molecule has 0 saturated heterocycles. The van der Waals surface area contributed by atoms with Crippen LogP contribution in [0.15, 0.2) is 12.1 Å². The summed E-state index contributed by atoms with van der Waals surface area (Å²) >= 11 is 6.28. The van der Waals surface area contributed by atoms with E-state index in [4.69, 9.17) is 21.1 Å². The first kappa shape index (κ1) is 12.5. The van der Waals surface area contributed by atoms with Crippen molar-refractivity contribution in [3.63, 3.8) is 0 Å². The van der Waals surface area contributed by atoms with Crippen molar-refractivity contribution >= 4 is 17.4 Å². The van der Waals surface area contributed by atoms with E-state index in [0.717, 1.165) is 12.3 Å². The minimum atomic E-state index is 0.161. The zero-order chi connectivity index (χ0) is 13.7. The molecule has 0 aromatic heterocycles. The lowest BCUT2D eigenvalue weighted by Gasteiger charge is -2.23. The van der Waals surface area contributed by atoms with Crippen LogP contribution >= 0.6 is 11.6 Å². The lowest BCUT2D eigenvalue weighted by molar-refractivity contribution is 0.0873. The van der Waals surface area contributed by atoms with Crippen LogP contribution < -0.4 is 9.47 Å². The van der Waals surface area contributed by atoms with Crippen molar-refractivity contribution in [1.82, 2.24) is 0 Å². The summed E-state index contributed by atoms with van der Waals surface area (Å²) in [6.07, 6.45) is 4.75. The van der Waals surface area contributed by atoms with E-state index in [0.29, 0.717) is 41.2 Å². The van der Waals surface area contributed by atoms with E-state index in [-0.39, 0.29) is 11.7 Å². The van der Waals surface area contributed by atoms with E-state index in [2.05, 4.69) is 0 Å². The Labute approximate surface area is 123 Å². The first-order valence-corrected chi connectivity index (χ1v) is 7.73. The summed E-state index contributed by atoms with van der Waals surface area (Å²) in [5.74, 6) is 2.97. The van der Waals surface area contributed by atoms with Crippen molar-refractivity contribution in [3.05, 3.63) is 22.7 Å². The van der Waals surface area contributed by atoms with Crippen molar-refractivity contribution in [2.45, 2.75) is 25.7 Å². The zero-order valence-electron chi connectivity index (χ0n) is 11.2. The fourth-order valence-electron chi connectivity index (χ4n) is 4.02. The molecule has 2 saturated carbocycles. The van der Waals surface area contributed by atoms with Crippen LogP contribution in [0.2, 0.25) is 5.02 Å². The number of Topliss-reactive ketones (excluding diaryl/α,β-unsaturated/α-hetero) is 1. The van der Waals surface area contributed by atoms with Gasteiger partial charge in [0, 0.05) is 17.5 Å². The summed E-state index contributed by atoms with van der Waals surface area (Å²) in [5.41, 5.74) is 0.605. The Bertz CT molecular complexity index is 569. The predicted octanol–water partition coefficient (Wildman–Crippen LogP) is 3.73. The van der Waals surface area contributed by atoms with Gasteiger partial charge in [0.05, 0.1) is 5.02 Å². The van der Waals surface area contributed by atoms with Crippen molar-refractivity contribution in [2.75, 3.05) is 13.2 Å². The topological polar surface area (TPSA) is 35.5 Å². The van der Waals surface area contributed by atoms with Crippen LogP contribution in [-0.4, -0.2) is 19.0 Å². The molecule has 0 spiro atoms. The Kier molecular flexibility index (Phi) is 2.92. The summed E-state index contributed by atoms with van der Waals surface area (Å²) in [7, 11) is 0. The number of rotatable bonds is 2. The van der Waals surface area contributed by atoms with Gasteiger partial charge in [0.25, 0.3) is 0 Å². The largest absolute Gasteiger partial charge is 0.486 e. The Morgan fingerprint density at radius 3 is 2.50 bits per heavy atom. The lowest BCUT2D eigenvalue weighted by Crippen LogP contribution is -2.22. The number of ketones is 1. The minimum Gasteiger partial charge on any atom is -0.486 e. The third kappa shape index (κ3) is 1.91. The minimum absolute atomic E-state index is 0.161. The van der Waals surface area contributed by atoms with Crippen LogP contribution in [0.1, 0.15) is 36.0 Å². The Hall–Kier alpha value is -1.22. The summed E-state index contributed by atoms with van der Waals surface area (Å²) in [6.45, 7) is 1.05. The zero-order valence-corrected chi connectivity index (χ0v) is 12.0. The summed E-state index contributed by atoms with van der Waals surface area (Å²) in [6, 6.07) is 3.49. The second-order valence-electron chi connectivity index (χ2n) is 6.12. The van der Waals surface area contributed by atoms with Gasteiger partial charge in [-0.05, 0) is 37.2 Å². The molecule has 106 valence electrons. The van der Waals surface area contributed by atoms with Gasteiger partial charge in [-0.1, -0.05) is 18.0 Å². The van der Waals surface area contributed by atoms with Crippen LogP contribution in [-0.2, 0) is 0 Å². The second kappa shape index (κ2) is 4.66. The van der Waals surface area contributed by atoms with Gasteiger partial charge >= 0.3 is 0 Å². The van der Waals surface area contributed by atoms with E-state index >= 15 is 0 Å². The van der Waals surface area contributed by atoms with Crippen LogP contribution in [0.3, 0.4) is 0 Å². The maximum atomic E-state index is 12.8. The molecule has 1 aliphatic heterocycles. The van der Waals surface area contributed by atoms with Gasteiger partial charge in [0.15, 0.2) is 17.3 Å². The standard InChI is InChI=1S/C16H17ClO3/c17-13-8-15-14(19-3-4-20-15)7-12(13)16(18)11-6-9-1-2-10(11)5-9/h7-11H,1-6H2. The molecular weight excluding hydrogens is 276 g/mol. The Morgan fingerprint density at radius 2 is 1.85 bits per heavy atom. The van der Waals surface area contributed by atoms with Crippen LogP contribution in [0.25, 0.3) is 0 Å². The number of benzene rings is 1. The predicted molar refractivity (Wildman–Crippen MR) is 75.7 cm³/mol. The molecule has 4 heteroatoms. The lowest BCUT2D eigenvalue weighted by atomic mass is 9.83. The second-order valence-corrected chi connectivity index (χ2v) is 6.53. The van der Waals surface area contributed by atoms with Crippen LogP contribution in [0.5, 0.6) is 11.5 Å². The highest BCUT2D eigenvalue weighted by Crippen LogP contribution is 2.50. The van der Waals surface area contributed by atoms with Gasteiger partial charge in [-0.3, -0.25) is 4.79 Å². The molecule has 0 radical (unpaired) electrons. The van der Waals surface area contributed by atoms with Crippen molar-refractivity contribution in [2.24, 2.45) is 17.8 Å². The number of carbonyl (C=O) groups is 1. The van der Waals surface area contributed by atoms with Gasteiger partial charge < -0.3 is 9.47 Å². The van der Waals surface area contributed by atoms with Crippen LogP contribution in [0.4, 0.5) is 0 Å². The van der Waals surface area contributed by atoms with Crippen LogP contribution in [0, 0.1) is 17.8 Å². The molecule has 3 aliphatic rings. The fourth-order valence-corrected chi connectivity index (χ4v) is 4.27. The van der Waals surface area contributed by atoms with Gasteiger partial charge in [0.1, 0.15) is 13.2 Å². The average Bonchev–Trinajstić information content (AvgIpc) is 3.08. The molecule has 3 nitrogen and oxygen atoms in total. The highest BCUT2D eigenvalue weighted by molar-refractivity contribution is 6.34. The molecule has 3 unspecified atom stereocenters.